The summed E-state index contributed by atoms with van der Waals surface area (Å²) in [4.78, 5) is 0.247. The van der Waals surface area contributed by atoms with Crippen LogP contribution >= 0.6 is 0 Å². The van der Waals surface area contributed by atoms with Crippen LogP contribution in [0.5, 0.6) is 0 Å². The molecule has 0 unspecified atom stereocenters. The summed E-state index contributed by atoms with van der Waals surface area (Å²) in [6, 6.07) is 6.80. The zero-order valence-corrected chi connectivity index (χ0v) is 12.8. The number of hydrogen-bond acceptors (Lipinski definition) is 3. The molecule has 0 spiro atoms. The maximum Gasteiger partial charge on any atom is 0.243 e. The van der Waals surface area contributed by atoms with E-state index >= 15 is 0 Å². The summed E-state index contributed by atoms with van der Waals surface area (Å²) in [7, 11) is -1.88. The number of nitriles is 1. The van der Waals surface area contributed by atoms with Crippen LogP contribution in [0.25, 0.3) is 0 Å². The van der Waals surface area contributed by atoms with Crippen LogP contribution in [0.3, 0.4) is 0 Å². The van der Waals surface area contributed by atoms with Crippen LogP contribution in [-0.4, -0.2) is 26.3 Å². The molecule has 0 amide bonds. The highest BCUT2D eigenvalue weighted by atomic mass is 32.2. The lowest BCUT2D eigenvalue weighted by Crippen LogP contribution is -2.31. The Bertz CT molecular complexity index is 626. The van der Waals surface area contributed by atoms with Crippen molar-refractivity contribution in [2.45, 2.75) is 37.5 Å². The molecule has 0 aliphatic heterocycles. The van der Waals surface area contributed by atoms with E-state index in [2.05, 4.69) is 0 Å². The van der Waals surface area contributed by atoms with Crippen LogP contribution in [0, 0.1) is 24.2 Å². The van der Waals surface area contributed by atoms with Crippen LogP contribution in [0.2, 0.25) is 0 Å². The third-order valence-electron chi connectivity index (χ3n) is 4.00. The molecule has 4 nitrogen and oxygen atoms in total. The van der Waals surface area contributed by atoms with Crippen molar-refractivity contribution in [2.24, 2.45) is 5.92 Å². The summed E-state index contributed by atoms with van der Waals surface area (Å²) in [6.07, 6.45) is 4.61. The van der Waals surface area contributed by atoms with Crippen LogP contribution in [-0.2, 0) is 10.0 Å². The quantitative estimate of drug-likeness (QED) is 0.857. The number of hydrogen-bond donors (Lipinski definition) is 0. The first kappa shape index (κ1) is 15.0. The minimum atomic E-state index is -3.51. The molecule has 2 rings (SSSR count). The summed E-state index contributed by atoms with van der Waals surface area (Å²) in [5, 5.41) is 8.93. The van der Waals surface area contributed by atoms with Crippen molar-refractivity contribution in [3.05, 3.63) is 29.3 Å². The maximum atomic E-state index is 12.6. The van der Waals surface area contributed by atoms with Crippen LogP contribution in [0.1, 0.15) is 36.8 Å². The fraction of sp³-hybridized carbons (Fsp3) is 0.533. The van der Waals surface area contributed by atoms with Gasteiger partial charge in [0.1, 0.15) is 0 Å². The Labute approximate surface area is 121 Å². The third-order valence-corrected chi connectivity index (χ3v) is 5.96. The Balaban J connectivity index is 2.27. The lowest BCUT2D eigenvalue weighted by atomic mass is 10.1. The predicted molar refractivity (Wildman–Crippen MR) is 77.7 cm³/mol. The van der Waals surface area contributed by atoms with E-state index in [9.17, 15) is 8.42 Å². The molecule has 0 bridgehead atoms. The fourth-order valence-corrected chi connectivity index (χ4v) is 4.26. The van der Waals surface area contributed by atoms with E-state index in [-0.39, 0.29) is 4.90 Å². The van der Waals surface area contributed by atoms with Gasteiger partial charge in [0.2, 0.25) is 10.0 Å². The second-order valence-electron chi connectivity index (χ2n) is 5.53. The molecular formula is C15H20N2O2S. The van der Waals surface area contributed by atoms with Gasteiger partial charge in [-0.05, 0) is 43.4 Å². The monoisotopic (exact) mass is 292 g/mol. The second-order valence-corrected chi connectivity index (χ2v) is 7.54. The minimum Gasteiger partial charge on any atom is -0.207 e. The summed E-state index contributed by atoms with van der Waals surface area (Å²) in [6.45, 7) is 2.33. The number of aryl methyl sites for hydroxylation is 1. The normalized spacial score (nSPS) is 16.5. The van der Waals surface area contributed by atoms with Crippen molar-refractivity contribution in [1.29, 1.82) is 5.26 Å². The van der Waals surface area contributed by atoms with E-state index in [4.69, 9.17) is 5.26 Å². The van der Waals surface area contributed by atoms with Gasteiger partial charge < -0.3 is 0 Å². The molecule has 1 saturated carbocycles. The minimum absolute atomic E-state index is 0.247. The maximum absolute atomic E-state index is 12.6. The Kier molecular flexibility index (Phi) is 4.46. The molecule has 1 aromatic carbocycles. The number of benzene rings is 1. The lowest BCUT2D eigenvalue weighted by Gasteiger charge is -2.21. The van der Waals surface area contributed by atoms with Crippen LogP contribution in [0.4, 0.5) is 0 Å². The molecule has 5 heteroatoms. The molecule has 0 heterocycles. The molecule has 20 heavy (non-hydrogen) atoms. The van der Waals surface area contributed by atoms with Crippen molar-refractivity contribution in [1.82, 2.24) is 4.31 Å². The fourth-order valence-electron chi connectivity index (χ4n) is 2.77. The van der Waals surface area contributed by atoms with Gasteiger partial charge in [-0.25, -0.2) is 12.7 Å². The molecule has 0 saturated heterocycles. The van der Waals surface area contributed by atoms with Crippen LogP contribution < -0.4 is 0 Å². The third kappa shape index (κ3) is 3.02. The van der Waals surface area contributed by atoms with Gasteiger partial charge in [0.05, 0.1) is 16.5 Å². The summed E-state index contributed by atoms with van der Waals surface area (Å²) in [5.74, 6) is 0.467. The molecule has 1 aliphatic carbocycles. The van der Waals surface area contributed by atoms with Crippen molar-refractivity contribution in [3.8, 4) is 6.07 Å². The van der Waals surface area contributed by atoms with E-state index < -0.39 is 10.0 Å². The highest BCUT2D eigenvalue weighted by Gasteiger charge is 2.26. The molecule has 1 fully saturated rings. The highest BCUT2D eigenvalue weighted by molar-refractivity contribution is 7.89. The Morgan fingerprint density at radius 2 is 2.00 bits per heavy atom. The summed E-state index contributed by atoms with van der Waals surface area (Å²) in [5.41, 5.74) is 1.06. The van der Waals surface area contributed by atoms with E-state index in [1.54, 1.807) is 26.1 Å². The zero-order chi connectivity index (χ0) is 14.8. The molecule has 0 atom stereocenters. The average Bonchev–Trinajstić information content (AvgIpc) is 2.92. The lowest BCUT2D eigenvalue weighted by molar-refractivity contribution is 0.387. The van der Waals surface area contributed by atoms with Crippen LogP contribution in [0.15, 0.2) is 23.1 Å². The second kappa shape index (κ2) is 5.94. The predicted octanol–water partition coefficient (Wildman–Crippen LogP) is 2.68. The van der Waals surface area contributed by atoms with Crippen molar-refractivity contribution < 1.29 is 8.42 Å². The van der Waals surface area contributed by atoms with Gasteiger partial charge >= 0.3 is 0 Å². The number of nitrogens with zero attached hydrogens (tertiary/aromatic N) is 2. The SMILES string of the molecule is Cc1ccc(C#N)cc1S(=O)(=O)N(C)CC1CCCC1. The summed E-state index contributed by atoms with van der Waals surface area (Å²) >= 11 is 0. The Morgan fingerprint density at radius 1 is 1.35 bits per heavy atom. The topological polar surface area (TPSA) is 61.2 Å². The van der Waals surface area contributed by atoms with E-state index in [0.717, 1.165) is 12.8 Å². The van der Waals surface area contributed by atoms with E-state index in [1.165, 1.54) is 23.2 Å². The zero-order valence-electron chi connectivity index (χ0n) is 12.0. The first-order chi connectivity index (χ1) is 9.45. The highest BCUT2D eigenvalue weighted by Crippen LogP contribution is 2.28. The molecule has 0 N–H and O–H groups in total. The van der Waals surface area contributed by atoms with Gasteiger partial charge in [-0.2, -0.15) is 5.26 Å². The van der Waals surface area contributed by atoms with Gasteiger partial charge in [-0.3, -0.25) is 0 Å². The Hall–Kier alpha value is -1.38. The molecular weight excluding hydrogens is 272 g/mol. The standard InChI is InChI=1S/C15H20N2O2S/c1-12-7-8-14(10-16)9-15(12)20(18,19)17(2)11-13-5-3-4-6-13/h7-9,13H,3-6,11H2,1-2H3. The summed E-state index contributed by atoms with van der Waals surface area (Å²) < 4.78 is 26.7. The van der Waals surface area contributed by atoms with Gasteiger partial charge in [-0.1, -0.05) is 18.9 Å². The van der Waals surface area contributed by atoms with Crippen molar-refractivity contribution >= 4 is 10.0 Å². The molecule has 1 aliphatic rings. The van der Waals surface area contributed by atoms with Gasteiger partial charge in [-0.15, -0.1) is 0 Å². The first-order valence-electron chi connectivity index (χ1n) is 6.92. The van der Waals surface area contributed by atoms with Crippen molar-refractivity contribution in [3.63, 3.8) is 0 Å². The van der Waals surface area contributed by atoms with Crippen molar-refractivity contribution in [2.75, 3.05) is 13.6 Å². The number of rotatable bonds is 4. The van der Waals surface area contributed by atoms with Gasteiger partial charge in [0.15, 0.2) is 0 Å². The van der Waals surface area contributed by atoms with Gasteiger partial charge in [0.25, 0.3) is 0 Å². The largest absolute Gasteiger partial charge is 0.243 e. The average molecular weight is 292 g/mol. The van der Waals surface area contributed by atoms with E-state index in [0.29, 0.717) is 23.6 Å². The molecule has 0 radical (unpaired) electrons. The molecule has 108 valence electrons. The number of sulfonamides is 1. The Morgan fingerprint density at radius 3 is 2.60 bits per heavy atom. The first-order valence-corrected chi connectivity index (χ1v) is 8.36. The molecule has 0 aromatic heterocycles. The smallest absolute Gasteiger partial charge is 0.207 e. The van der Waals surface area contributed by atoms with Gasteiger partial charge in [0, 0.05) is 13.6 Å². The van der Waals surface area contributed by atoms with E-state index in [1.807, 2.05) is 6.07 Å². The molecule has 1 aromatic rings.